The lowest BCUT2D eigenvalue weighted by Gasteiger charge is -2.24. The van der Waals surface area contributed by atoms with Crippen molar-refractivity contribution in [2.24, 2.45) is 0 Å². The van der Waals surface area contributed by atoms with E-state index in [1.165, 1.54) is 0 Å². The van der Waals surface area contributed by atoms with E-state index in [0.717, 1.165) is 21.2 Å². The van der Waals surface area contributed by atoms with E-state index < -0.39 is 23.4 Å². The van der Waals surface area contributed by atoms with Crippen LogP contribution in [0.1, 0.15) is 38.8 Å². The molecule has 1 atom stereocenters. The summed E-state index contributed by atoms with van der Waals surface area (Å²) >= 11 is 0. The van der Waals surface area contributed by atoms with Gasteiger partial charge in [0.05, 0.1) is 0 Å². The number of carbonyl (C=O) groups excluding carboxylic acids is 3. The Morgan fingerprint density at radius 2 is 1.62 bits per heavy atom. The standard InChI is InChI=1S/C26H27N3O3/c1-25(2,3)18-12-14-19(15-13-18)26(4)23(31)29(24(32)28-26)16-22(30)27-21-11-7-9-17-8-5-6-10-20(17)21/h5-15H,16H2,1-4H3,(H,27,30)(H,28,32). The zero-order valence-electron chi connectivity index (χ0n) is 18.7. The molecular formula is C26H27N3O3. The Hall–Kier alpha value is -3.67. The summed E-state index contributed by atoms with van der Waals surface area (Å²) in [6.07, 6.45) is 0. The first-order valence-corrected chi connectivity index (χ1v) is 10.6. The number of nitrogens with one attached hydrogen (secondary N) is 2. The van der Waals surface area contributed by atoms with Gasteiger partial charge >= 0.3 is 6.03 Å². The lowest BCUT2D eigenvalue weighted by Crippen LogP contribution is -2.42. The molecule has 3 aromatic rings. The van der Waals surface area contributed by atoms with Gasteiger partial charge in [0, 0.05) is 11.1 Å². The summed E-state index contributed by atoms with van der Waals surface area (Å²) in [5.41, 5.74) is 1.22. The van der Waals surface area contributed by atoms with Gasteiger partial charge in [0.15, 0.2) is 0 Å². The van der Waals surface area contributed by atoms with Crippen molar-refractivity contribution in [2.45, 2.75) is 38.6 Å². The van der Waals surface area contributed by atoms with Crippen LogP contribution in [0.15, 0.2) is 66.7 Å². The molecule has 1 heterocycles. The Morgan fingerprint density at radius 1 is 0.969 bits per heavy atom. The molecule has 2 N–H and O–H groups in total. The maximum absolute atomic E-state index is 13.2. The summed E-state index contributed by atoms with van der Waals surface area (Å²) in [6.45, 7) is 7.65. The number of hydrogen-bond donors (Lipinski definition) is 2. The van der Waals surface area contributed by atoms with Crippen LogP contribution in [-0.2, 0) is 20.5 Å². The largest absolute Gasteiger partial charge is 0.325 e. The maximum atomic E-state index is 13.2. The second kappa shape index (κ2) is 7.79. The Labute approximate surface area is 187 Å². The summed E-state index contributed by atoms with van der Waals surface area (Å²) in [5, 5.41) is 7.48. The van der Waals surface area contributed by atoms with Crippen molar-refractivity contribution in [3.8, 4) is 0 Å². The smallest absolute Gasteiger partial charge is 0.324 e. The van der Waals surface area contributed by atoms with Gasteiger partial charge in [-0.3, -0.25) is 14.5 Å². The summed E-state index contributed by atoms with van der Waals surface area (Å²) in [7, 11) is 0. The molecule has 3 aromatic carbocycles. The van der Waals surface area contributed by atoms with E-state index in [4.69, 9.17) is 0 Å². The van der Waals surface area contributed by atoms with E-state index >= 15 is 0 Å². The molecule has 1 unspecified atom stereocenters. The molecule has 32 heavy (non-hydrogen) atoms. The van der Waals surface area contributed by atoms with Crippen LogP contribution >= 0.6 is 0 Å². The van der Waals surface area contributed by atoms with Gasteiger partial charge in [0.25, 0.3) is 5.91 Å². The Balaban J connectivity index is 1.52. The first-order chi connectivity index (χ1) is 15.1. The van der Waals surface area contributed by atoms with Gasteiger partial charge in [-0.15, -0.1) is 0 Å². The number of urea groups is 1. The molecule has 0 bridgehead atoms. The minimum absolute atomic E-state index is 0.0197. The third-order valence-electron chi connectivity index (χ3n) is 5.97. The monoisotopic (exact) mass is 429 g/mol. The SMILES string of the molecule is CC(C)(C)c1ccc(C2(C)NC(=O)N(CC(=O)Nc3cccc4ccccc34)C2=O)cc1. The number of imide groups is 1. The van der Waals surface area contributed by atoms with Crippen LogP contribution < -0.4 is 10.6 Å². The van der Waals surface area contributed by atoms with E-state index in [0.29, 0.717) is 11.3 Å². The molecule has 6 heteroatoms. The van der Waals surface area contributed by atoms with E-state index in [-0.39, 0.29) is 12.0 Å². The molecule has 4 rings (SSSR count). The van der Waals surface area contributed by atoms with E-state index in [1.807, 2.05) is 60.7 Å². The van der Waals surface area contributed by atoms with Gasteiger partial charge < -0.3 is 10.6 Å². The minimum atomic E-state index is -1.22. The predicted octanol–water partition coefficient (Wildman–Crippen LogP) is 4.54. The van der Waals surface area contributed by atoms with E-state index in [2.05, 4.69) is 31.4 Å². The van der Waals surface area contributed by atoms with Gasteiger partial charge in [-0.05, 0) is 34.9 Å². The molecule has 6 nitrogen and oxygen atoms in total. The highest BCUT2D eigenvalue weighted by Gasteiger charge is 2.49. The highest BCUT2D eigenvalue weighted by atomic mass is 16.2. The molecule has 0 aliphatic carbocycles. The molecule has 0 radical (unpaired) electrons. The molecule has 4 amide bonds. The van der Waals surface area contributed by atoms with Crippen molar-refractivity contribution in [1.29, 1.82) is 0 Å². The summed E-state index contributed by atoms with van der Waals surface area (Å²) in [4.78, 5) is 39.5. The van der Waals surface area contributed by atoms with Crippen molar-refractivity contribution in [1.82, 2.24) is 10.2 Å². The average molecular weight is 430 g/mol. The van der Waals surface area contributed by atoms with Crippen LogP contribution in [0, 0.1) is 0 Å². The minimum Gasteiger partial charge on any atom is -0.324 e. The third kappa shape index (κ3) is 3.84. The number of benzene rings is 3. The first-order valence-electron chi connectivity index (χ1n) is 10.6. The highest BCUT2D eigenvalue weighted by Crippen LogP contribution is 2.31. The Kier molecular flexibility index (Phi) is 5.25. The van der Waals surface area contributed by atoms with Gasteiger partial charge in [-0.1, -0.05) is 81.4 Å². The number of anilines is 1. The molecule has 0 aromatic heterocycles. The molecule has 164 valence electrons. The summed E-state index contributed by atoms with van der Waals surface area (Å²) < 4.78 is 0. The second-order valence-electron chi connectivity index (χ2n) is 9.35. The first kappa shape index (κ1) is 21.6. The van der Waals surface area contributed by atoms with Crippen LogP contribution in [-0.4, -0.2) is 29.3 Å². The van der Waals surface area contributed by atoms with Crippen molar-refractivity contribution in [2.75, 3.05) is 11.9 Å². The number of nitrogens with zero attached hydrogens (tertiary/aromatic N) is 1. The summed E-state index contributed by atoms with van der Waals surface area (Å²) in [5.74, 6) is -0.878. The van der Waals surface area contributed by atoms with Crippen molar-refractivity contribution >= 4 is 34.3 Å². The predicted molar refractivity (Wildman–Crippen MR) is 125 cm³/mol. The molecule has 1 fully saturated rings. The lowest BCUT2D eigenvalue weighted by atomic mass is 9.84. The van der Waals surface area contributed by atoms with Crippen LogP contribution in [0.4, 0.5) is 10.5 Å². The lowest BCUT2D eigenvalue weighted by molar-refractivity contribution is -0.133. The van der Waals surface area contributed by atoms with Gasteiger partial charge in [-0.2, -0.15) is 0 Å². The zero-order chi connectivity index (χ0) is 23.1. The quantitative estimate of drug-likeness (QED) is 0.598. The molecule has 0 spiro atoms. The third-order valence-corrected chi connectivity index (χ3v) is 5.97. The number of carbonyl (C=O) groups is 3. The van der Waals surface area contributed by atoms with Gasteiger partial charge in [-0.25, -0.2) is 4.79 Å². The zero-order valence-corrected chi connectivity index (χ0v) is 18.7. The number of hydrogen-bond acceptors (Lipinski definition) is 3. The van der Waals surface area contributed by atoms with E-state index in [1.54, 1.807) is 13.0 Å². The summed E-state index contributed by atoms with van der Waals surface area (Å²) in [6, 6.07) is 20.4. The Morgan fingerprint density at radius 3 is 2.31 bits per heavy atom. The molecular weight excluding hydrogens is 402 g/mol. The van der Waals surface area contributed by atoms with E-state index in [9.17, 15) is 14.4 Å². The highest BCUT2D eigenvalue weighted by molar-refractivity contribution is 6.11. The maximum Gasteiger partial charge on any atom is 0.325 e. The van der Waals surface area contributed by atoms with Crippen molar-refractivity contribution < 1.29 is 14.4 Å². The average Bonchev–Trinajstić information content (AvgIpc) is 2.97. The molecule has 1 aliphatic rings. The fraction of sp³-hybridized carbons (Fsp3) is 0.269. The number of amides is 4. The Bertz CT molecular complexity index is 1210. The normalized spacial score (nSPS) is 18.7. The molecule has 0 saturated carbocycles. The fourth-order valence-electron chi connectivity index (χ4n) is 4.01. The van der Waals surface area contributed by atoms with Gasteiger partial charge in [0.2, 0.25) is 5.91 Å². The topological polar surface area (TPSA) is 78.5 Å². The second-order valence-corrected chi connectivity index (χ2v) is 9.35. The molecule has 1 saturated heterocycles. The van der Waals surface area contributed by atoms with Crippen LogP contribution in [0.5, 0.6) is 0 Å². The van der Waals surface area contributed by atoms with Gasteiger partial charge in [0.1, 0.15) is 12.1 Å². The van der Waals surface area contributed by atoms with Crippen LogP contribution in [0.3, 0.4) is 0 Å². The number of fused-ring (bicyclic) bond motifs is 1. The van der Waals surface area contributed by atoms with Crippen molar-refractivity contribution in [3.63, 3.8) is 0 Å². The molecule has 1 aliphatic heterocycles. The van der Waals surface area contributed by atoms with Crippen LogP contribution in [0.25, 0.3) is 10.8 Å². The fourth-order valence-corrected chi connectivity index (χ4v) is 4.01. The van der Waals surface area contributed by atoms with Crippen LogP contribution in [0.2, 0.25) is 0 Å². The number of rotatable bonds is 4. The van der Waals surface area contributed by atoms with Crippen molar-refractivity contribution in [3.05, 3.63) is 77.9 Å².